The molecule has 7 heterocycles. The Morgan fingerprint density at radius 3 is 2.33 bits per heavy atom. The van der Waals surface area contributed by atoms with Crippen LogP contribution < -0.4 is 30.9 Å². The van der Waals surface area contributed by atoms with E-state index < -0.39 is 24.6 Å². The molecule has 3 fully saturated rings. The molecular formula is C59H74N11O9P. The van der Waals surface area contributed by atoms with Gasteiger partial charge >= 0.3 is 7.82 Å². The van der Waals surface area contributed by atoms with E-state index in [1.807, 2.05) is 29.2 Å². The molecule has 80 heavy (non-hydrogen) atoms. The molecule has 11 rings (SSSR count). The molecule has 1 atom stereocenters. The third-order valence-electron chi connectivity index (χ3n) is 17.5. The van der Waals surface area contributed by atoms with Crippen LogP contribution in [0.25, 0.3) is 11.3 Å². The summed E-state index contributed by atoms with van der Waals surface area (Å²) in [6.45, 7) is 21.0. The summed E-state index contributed by atoms with van der Waals surface area (Å²) in [5.41, 5.74) is 6.43. The van der Waals surface area contributed by atoms with Crippen LogP contribution in [0.15, 0.2) is 78.4 Å². The lowest BCUT2D eigenvalue weighted by molar-refractivity contribution is -0.111. The number of nitrogens with zero attached hydrogens (tertiary/aromatic N) is 9. The predicted molar refractivity (Wildman–Crippen MR) is 308 cm³/mol. The third-order valence-corrected chi connectivity index (χ3v) is 18.2. The first-order valence-corrected chi connectivity index (χ1v) is 29.5. The Labute approximate surface area is 466 Å². The second kappa shape index (κ2) is 20.7. The van der Waals surface area contributed by atoms with E-state index in [0.29, 0.717) is 91.1 Å². The number of piperazine rings is 1. The highest BCUT2D eigenvalue weighted by Crippen LogP contribution is 2.48. The molecular weight excluding hydrogens is 1040 g/mol. The fourth-order valence-corrected chi connectivity index (χ4v) is 14.3. The van der Waals surface area contributed by atoms with E-state index in [9.17, 15) is 38.6 Å². The second-order valence-electron chi connectivity index (χ2n) is 24.5. The molecule has 6 aliphatic rings. The monoisotopic (exact) mass is 1110 g/mol. The fourth-order valence-electron chi connectivity index (χ4n) is 13.6. The van der Waals surface area contributed by atoms with E-state index >= 15 is 0 Å². The quantitative estimate of drug-likeness (QED) is 0.0569. The van der Waals surface area contributed by atoms with Gasteiger partial charge in [-0.15, -0.1) is 0 Å². The zero-order valence-corrected chi connectivity index (χ0v) is 47.8. The van der Waals surface area contributed by atoms with E-state index in [1.165, 1.54) is 21.9 Å². The molecule has 3 aromatic heterocycles. The number of rotatable bonds is 13. The van der Waals surface area contributed by atoms with Crippen LogP contribution in [0.2, 0.25) is 0 Å². The van der Waals surface area contributed by atoms with E-state index in [0.717, 1.165) is 80.9 Å². The molecule has 2 saturated heterocycles. The van der Waals surface area contributed by atoms with Gasteiger partial charge in [0.2, 0.25) is 5.91 Å². The van der Waals surface area contributed by atoms with Gasteiger partial charge in [-0.2, -0.15) is 0 Å². The van der Waals surface area contributed by atoms with Crippen molar-refractivity contribution in [3.8, 4) is 11.3 Å². The number of aromatic nitrogens is 4. The van der Waals surface area contributed by atoms with Gasteiger partial charge in [0.1, 0.15) is 11.5 Å². The normalized spacial score (nSPS) is 22.6. The van der Waals surface area contributed by atoms with Gasteiger partial charge in [0, 0.05) is 124 Å². The summed E-state index contributed by atoms with van der Waals surface area (Å²) in [6, 6.07) is 16.0. The van der Waals surface area contributed by atoms with E-state index in [-0.39, 0.29) is 41.0 Å². The number of phosphoric ester groups is 1. The van der Waals surface area contributed by atoms with E-state index in [4.69, 9.17) is 14.5 Å². The van der Waals surface area contributed by atoms with Crippen LogP contribution in [0, 0.1) is 5.41 Å². The van der Waals surface area contributed by atoms with Crippen molar-refractivity contribution in [2.75, 3.05) is 64.6 Å². The summed E-state index contributed by atoms with van der Waals surface area (Å²) >= 11 is 0. The lowest BCUT2D eigenvalue weighted by Gasteiger charge is -2.47. The maximum Gasteiger partial charge on any atom is 0.470 e. The zero-order chi connectivity index (χ0) is 56.8. The molecule has 0 unspecified atom stereocenters. The number of nitrogens with one attached hydrogen (secondary N) is 2. The molecule has 0 radical (unpaired) electrons. The summed E-state index contributed by atoms with van der Waals surface area (Å²) in [5, 5.41) is 18.1. The molecule has 4 aliphatic heterocycles. The van der Waals surface area contributed by atoms with Crippen LogP contribution in [0.3, 0.4) is 0 Å². The number of amides is 3. The first-order chi connectivity index (χ1) is 37.9. The number of phosphoric acid groups is 1. The van der Waals surface area contributed by atoms with Gasteiger partial charge in [-0.25, -0.2) is 14.5 Å². The van der Waals surface area contributed by atoms with Gasteiger partial charge in [-0.3, -0.25) is 33.5 Å². The van der Waals surface area contributed by atoms with Crippen molar-refractivity contribution in [2.24, 2.45) is 12.5 Å². The molecule has 1 saturated carbocycles. The molecule has 0 bridgehead atoms. The number of piperidine rings is 1. The summed E-state index contributed by atoms with van der Waals surface area (Å²) in [4.78, 5) is 94.0. The number of benzene rings is 2. The highest BCUT2D eigenvalue weighted by atomic mass is 31.2. The van der Waals surface area contributed by atoms with Crippen LogP contribution in [-0.4, -0.2) is 125 Å². The number of carbonyl (C=O) groups is 3. The zero-order valence-electron chi connectivity index (χ0n) is 46.9. The van der Waals surface area contributed by atoms with Crippen LogP contribution >= 0.6 is 7.82 Å². The number of carbonyl (C=O) groups excluding carboxylic acids is 3. The van der Waals surface area contributed by atoms with E-state index in [2.05, 4.69) is 69.4 Å². The number of hydrogen-bond acceptors (Lipinski definition) is 13. The van der Waals surface area contributed by atoms with Crippen LogP contribution in [-0.2, 0) is 52.5 Å². The summed E-state index contributed by atoms with van der Waals surface area (Å²) < 4.78 is 20.3. The molecule has 2 aliphatic carbocycles. The Kier molecular flexibility index (Phi) is 14.3. The Balaban J connectivity index is 0.756. The Bertz CT molecular complexity index is 3420. The second-order valence-corrected chi connectivity index (χ2v) is 25.6. The van der Waals surface area contributed by atoms with Crippen LogP contribution in [0.4, 0.5) is 34.4 Å². The van der Waals surface area contributed by atoms with Crippen molar-refractivity contribution < 1.29 is 38.4 Å². The maximum atomic E-state index is 14.3. The number of fused-ring (bicyclic) bond motifs is 4. The van der Waals surface area contributed by atoms with E-state index in [1.54, 1.807) is 57.2 Å². The minimum absolute atomic E-state index is 0.00746. The standard InChI is InChI=1S/C59H74N11O9P/c1-9-50(71)62-45-30-39(61-52-56(74)64(8)35-46(63-52)44-16-21-60-53(51(44)58(5,6)75)69-27-26-68-48(55(69)73)29-37-31-57(3,4)32-49(37)68)10-13-47(45)67-25-24-66(33-36(67)2)40-17-22-65(23-18-40)42-11-12-43-38(28-42)34-70(54(43)72)41-14-19-59(7,20-15-41)79-80(76,77)78/h9-13,16,21,28-30,35-36,40-41,75H,1,14-15,17-20,22-27,31-34H2,2-8H3,(H,61,63)(H,62,71)(H2,76,77,78)/t36-,41?,59?/m0/s1. The van der Waals surface area contributed by atoms with Gasteiger partial charge in [0.25, 0.3) is 17.4 Å². The molecule has 2 aromatic carbocycles. The number of hydrogen-bond donors (Lipinski definition) is 5. The van der Waals surface area contributed by atoms with Crippen molar-refractivity contribution in [1.82, 2.24) is 28.9 Å². The molecule has 5 aromatic rings. The first-order valence-electron chi connectivity index (χ1n) is 28.0. The SMILES string of the molecule is C=CC(=O)Nc1cc(Nc2nc(-c3ccnc(N4CCn5c(cc6c5CC(C)(C)C6)C4=O)c3C(C)(C)O)cn(C)c2=O)ccc1N1CCN(C2CCN(c3ccc4c(c3)CN(C3CCC(C)(OP(=O)(O)O)CC3)C4=O)CC2)C[C@@H]1C. The van der Waals surface area contributed by atoms with Crippen LogP contribution in [0.5, 0.6) is 0 Å². The molecule has 3 amide bonds. The van der Waals surface area contributed by atoms with Crippen molar-refractivity contribution in [3.63, 3.8) is 0 Å². The Hall–Kier alpha value is -6.67. The fraction of sp³-hybridized carbons (Fsp3) is 0.492. The Morgan fingerprint density at radius 1 is 0.875 bits per heavy atom. The number of aryl methyl sites for hydroxylation is 1. The van der Waals surface area contributed by atoms with Crippen molar-refractivity contribution in [3.05, 3.63) is 118 Å². The third kappa shape index (κ3) is 10.7. The smallest absolute Gasteiger partial charge is 0.386 e. The topological polar surface area (TPSA) is 231 Å². The van der Waals surface area contributed by atoms with Gasteiger partial charge < -0.3 is 49.4 Å². The van der Waals surface area contributed by atoms with Crippen molar-refractivity contribution in [1.29, 1.82) is 0 Å². The molecule has 424 valence electrons. The first kappa shape index (κ1) is 55.2. The molecule has 5 N–H and O–H groups in total. The van der Waals surface area contributed by atoms with Crippen molar-refractivity contribution in [2.45, 2.75) is 135 Å². The van der Waals surface area contributed by atoms with Gasteiger partial charge in [0.15, 0.2) is 5.82 Å². The summed E-state index contributed by atoms with van der Waals surface area (Å²) in [7, 11) is -2.98. The van der Waals surface area contributed by atoms with Gasteiger partial charge in [-0.1, -0.05) is 20.4 Å². The van der Waals surface area contributed by atoms with Crippen LogP contribution in [0.1, 0.15) is 123 Å². The highest BCUT2D eigenvalue weighted by molar-refractivity contribution is 7.46. The average molecular weight is 1110 g/mol. The minimum Gasteiger partial charge on any atom is -0.386 e. The molecule has 0 spiro atoms. The van der Waals surface area contributed by atoms with Gasteiger partial charge in [-0.05, 0) is 150 Å². The summed E-state index contributed by atoms with van der Waals surface area (Å²) in [6.07, 6.45) is 10.4. The Morgan fingerprint density at radius 2 is 1.62 bits per heavy atom. The number of anilines is 6. The van der Waals surface area contributed by atoms with Gasteiger partial charge in [0.05, 0.1) is 28.3 Å². The minimum atomic E-state index is -4.62. The predicted octanol–water partition coefficient (Wildman–Crippen LogP) is 7.47. The molecule has 21 heteroatoms. The maximum absolute atomic E-state index is 14.3. The van der Waals surface area contributed by atoms with Crippen molar-refractivity contribution >= 4 is 59.9 Å². The number of aliphatic hydroxyl groups is 1. The molecule has 20 nitrogen and oxygen atoms in total. The lowest BCUT2D eigenvalue weighted by Crippen LogP contribution is -2.57. The highest BCUT2D eigenvalue weighted by Gasteiger charge is 2.43. The largest absolute Gasteiger partial charge is 0.470 e. The average Bonchev–Trinajstić information content (AvgIpc) is 4.06. The summed E-state index contributed by atoms with van der Waals surface area (Å²) in [5.74, 6) is -0.196. The lowest BCUT2D eigenvalue weighted by atomic mass is 9.83. The number of pyridine rings is 1.